The first kappa shape index (κ1) is 17.5. The summed E-state index contributed by atoms with van der Waals surface area (Å²) in [4.78, 5) is 11.2. The number of aryl methyl sites for hydroxylation is 1. The highest BCUT2D eigenvalue weighted by Crippen LogP contribution is 2.14. The molecule has 0 radical (unpaired) electrons. The van der Waals surface area contributed by atoms with E-state index in [1.54, 1.807) is 0 Å². The Labute approximate surface area is 128 Å². The molecule has 3 nitrogen and oxygen atoms in total. The molecule has 0 aliphatic rings. The molecular formula is C18H28O3. The van der Waals surface area contributed by atoms with Gasteiger partial charge < -0.3 is 9.47 Å². The number of hydrogen-bond donors (Lipinski definition) is 0. The first-order valence-corrected chi connectivity index (χ1v) is 8.13. The summed E-state index contributed by atoms with van der Waals surface area (Å²) in [5.74, 6) is 0.835. The van der Waals surface area contributed by atoms with Crippen molar-refractivity contribution in [2.45, 2.75) is 58.8 Å². The number of benzene rings is 1. The smallest absolute Gasteiger partial charge is 0.305 e. The van der Waals surface area contributed by atoms with Crippen molar-refractivity contribution in [1.29, 1.82) is 0 Å². The third kappa shape index (κ3) is 8.38. The zero-order chi connectivity index (χ0) is 15.3. The number of ether oxygens (including phenoxy) is 2. The Morgan fingerprint density at radius 3 is 2.43 bits per heavy atom. The zero-order valence-electron chi connectivity index (χ0n) is 13.4. The zero-order valence-corrected chi connectivity index (χ0v) is 13.4. The van der Waals surface area contributed by atoms with E-state index in [9.17, 15) is 4.79 Å². The average Bonchev–Trinajstić information content (AvgIpc) is 2.50. The Hall–Kier alpha value is -1.51. The number of carbonyl (C=O) groups excluding carboxylic acids is 1. The number of rotatable bonds is 11. The van der Waals surface area contributed by atoms with Crippen LogP contribution in [0.25, 0.3) is 0 Å². The van der Waals surface area contributed by atoms with Crippen molar-refractivity contribution < 1.29 is 14.3 Å². The van der Waals surface area contributed by atoms with Gasteiger partial charge in [-0.15, -0.1) is 0 Å². The van der Waals surface area contributed by atoms with E-state index in [4.69, 9.17) is 9.47 Å². The van der Waals surface area contributed by atoms with E-state index < -0.39 is 0 Å². The fraction of sp³-hybridized carbons (Fsp3) is 0.611. The molecule has 1 aromatic rings. The molecule has 0 spiro atoms. The lowest BCUT2D eigenvalue weighted by molar-refractivity contribution is -0.143. The van der Waals surface area contributed by atoms with Gasteiger partial charge in [-0.25, -0.2) is 0 Å². The standard InChI is InChI=1S/C18H28O3/c1-3-5-9-16-11-13-17(14-12-16)21-15-8-6-7-10-18(19)20-4-2/h11-14H,3-10,15H2,1-2H3. The van der Waals surface area contributed by atoms with Gasteiger partial charge in [0.15, 0.2) is 0 Å². The molecule has 0 N–H and O–H groups in total. The summed E-state index contributed by atoms with van der Waals surface area (Å²) in [6, 6.07) is 8.38. The lowest BCUT2D eigenvalue weighted by Crippen LogP contribution is -2.04. The van der Waals surface area contributed by atoms with Crippen LogP contribution < -0.4 is 4.74 Å². The minimum absolute atomic E-state index is 0.0962. The molecule has 0 aliphatic carbocycles. The average molecular weight is 292 g/mol. The maximum Gasteiger partial charge on any atom is 0.305 e. The van der Waals surface area contributed by atoms with E-state index in [0.717, 1.165) is 31.4 Å². The Morgan fingerprint density at radius 2 is 1.76 bits per heavy atom. The van der Waals surface area contributed by atoms with Crippen LogP contribution in [-0.4, -0.2) is 19.2 Å². The van der Waals surface area contributed by atoms with E-state index in [0.29, 0.717) is 19.6 Å². The Balaban J connectivity index is 2.08. The molecule has 0 bridgehead atoms. The monoisotopic (exact) mass is 292 g/mol. The van der Waals surface area contributed by atoms with Crippen LogP contribution in [0.5, 0.6) is 5.75 Å². The van der Waals surface area contributed by atoms with E-state index in [-0.39, 0.29) is 5.97 Å². The Bertz CT molecular complexity index is 384. The van der Waals surface area contributed by atoms with E-state index in [2.05, 4.69) is 19.1 Å². The number of esters is 1. The van der Waals surface area contributed by atoms with Crippen molar-refractivity contribution in [3.63, 3.8) is 0 Å². The minimum atomic E-state index is -0.0962. The molecule has 0 unspecified atom stereocenters. The summed E-state index contributed by atoms with van der Waals surface area (Å²) >= 11 is 0. The summed E-state index contributed by atoms with van der Waals surface area (Å²) in [7, 11) is 0. The van der Waals surface area contributed by atoms with Gasteiger partial charge in [-0.05, 0) is 56.7 Å². The highest BCUT2D eigenvalue weighted by molar-refractivity contribution is 5.69. The number of hydrogen-bond acceptors (Lipinski definition) is 3. The van der Waals surface area contributed by atoms with Crippen LogP contribution in [0.15, 0.2) is 24.3 Å². The number of carbonyl (C=O) groups is 1. The second kappa shape index (κ2) is 11.2. The summed E-state index contributed by atoms with van der Waals surface area (Å²) in [5.41, 5.74) is 1.37. The predicted octanol–water partition coefficient (Wildman–Crippen LogP) is 4.53. The van der Waals surface area contributed by atoms with Crippen LogP contribution in [0.2, 0.25) is 0 Å². The van der Waals surface area contributed by atoms with Gasteiger partial charge in [-0.3, -0.25) is 4.79 Å². The van der Waals surface area contributed by atoms with Gasteiger partial charge in [0.1, 0.15) is 5.75 Å². The minimum Gasteiger partial charge on any atom is -0.494 e. The third-order valence-corrected chi connectivity index (χ3v) is 3.34. The van der Waals surface area contributed by atoms with Crippen LogP contribution in [0.1, 0.15) is 57.9 Å². The first-order chi connectivity index (χ1) is 10.3. The summed E-state index contributed by atoms with van der Waals surface area (Å²) in [5, 5.41) is 0. The Morgan fingerprint density at radius 1 is 1.00 bits per heavy atom. The summed E-state index contributed by atoms with van der Waals surface area (Å²) < 4.78 is 10.6. The van der Waals surface area contributed by atoms with Crippen LogP contribution in [0.4, 0.5) is 0 Å². The highest BCUT2D eigenvalue weighted by atomic mass is 16.5. The second-order valence-corrected chi connectivity index (χ2v) is 5.21. The van der Waals surface area contributed by atoms with Crippen LogP contribution in [0, 0.1) is 0 Å². The van der Waals surface area contributed by atoms with Crippen LogP contribution in [0.3, 0.4) is 0 Å². The summed E-state index contributed by atoms with van der Waals surface area (Å²) in [6.45, 7) is 5.21. The second-order valence-electron chi connectivity index (χ2n) is 5.21. The molecule has 0 aliphatic heterocycles. The Kier molecular flexibility index (Phi) is 9.34. The van der Waals surface area contributed by atoms with Crippen molar-refractivity contribution in [1.82, 2.24) is 0 Å². The third-order valence-electron chi connectivity index (χ3n) is 3.34. The van der Waals surface area contributed by atoms with Gasteiger partial charge in [-0.2, -0.15) is 0 Å². The molecule has 118 valence electrons. The maximum atomic E-state index is 11.2. The van der Waals surface area contributed by atoms with E-state index in [1.807, 2.05) is 19.1 Å². The molecule has 1 rings (SSSR count). The molecule has 1 aromatic carbocycles. The SMILES string of the molecule is CCCCc1ccc(OCCCCCC(=O)OCC)cc1. The predicted molar refractivity (Wildman–Crippen MR) is 85.7 cm³/mol. The lowest BCUT2D eigenvalue weighted by Gasteiger charge is -2.07. The molecule has 21 heavy (non-hydrogen) atoms. The van der Waals surface area contributed by atoms with Crippen molar-refractivity contribution in [2.24, 2.45) is 0 Å². The topological polar surface area (TPSA) is 35.5 Å². The van der Waals surface area contributed by atoms with E-state index in [1.165, 1.54) is 18.4 Å². The number of unbranched alkanes of at least 4 members (excludes halogenated alkanes) is 3. The highest BCUT2D eigenvalue weighted by Gasteiger charge is 2.01. The summed E-state index contributed by atoms with van der Waals surface area (Å²) in [6.07, 6.45) is 6.96. The maximum absolute atomic E-state index is 11.2. The normalized spacial score (nSPS) is 10.4. The molecule has 0 saturated carbocycles. The molecule has 0 fully saturated rings. The quantitative estimate of drug-likeness (QED) is 0.444. The van der Waals surface area contributed by atoms with Crippen LogP contribution in [-0.2, 0) is 16.0 Å². The van der Waals surface area contributed by atoms with Gasteiger partial charge in [-0.1, -0.05) is 25.5 Å². The molecule has 3 heteroatoms. The van der Waals surface area contributed by atoms with Gasteiger partial charge in [0.25, 0.3) is 0 Å². The molecule has 0 aromatic heterocycles. The lowest BCUT2D eigenvalue weighted by atomic mass is 10.1. The molecular weight excluding hydrogens is 264 g/mol. The van der Waals surface area contributed by atoms with Crippen molar-refractivity contribution >= 4 is 5.97 Å². The fourth-order valence-electron chi connectivity index (χ4n) is 2.10. The molecule has 0 atom stereocenters. The van der Waals surface area contributed by atoms with Crippen molar-refractivity contribution in [3.05, 3.63) is 29.8 Å². The van der Waals surface area contributed by atoms with Crippen LogP contribution >= 0.6 is 0 Å². The van der Waals surface area contributed by atoms with Crippen molar-refractivity contribution in [2.75, 3.05) is 13.2 Å². The van der Waals surface area contributed by atoms with Crippen molar-refractivity contribution in [3.8, 4) is 5.75 Å². The molecule has 0 heterocycles. The largest absolute Gasteiger partial charge is 0.494 e. The van der Waals surface area contributed by atoms with Gasteiger partial charge in [0, 0.05) is 6.42 Å². The molecule has 0 amide bonds. The molecule has 0 saturated heterocycles. The van der Waals surface area contributed by atoms with Gasteiger partial charge in [0.05, 0.1) is 13.2 Å². The fourth-order valence-corrected chi connectivity index (χ4v) is 2.10. The van der Waals surface area contributed by atoms with Gasteiger partial charge in [0.2, 0.25) is 0 Å². The first-order valence-electron chi connectivity index (χ1n) is 8.13. The van der Waals surface area contributed by atoms with E-state index >= 15 is 0 Å². The van der Waals surface area contributed by atoms with Gasteiger partial charge >= 0.3 is 5.97 Å².